The fraction of sp³-hybridized carbons (Fsp3) is 0.0952. The molecule has 22 rings (SSSR count). The van der Waals surface area contributed by atoms with Gasteiger partial charge in [0, 0.05) is 0 Å². The number of fused-ring (bicyclic) bond motifs is 9. The first kappa shape index (κ1) is 79.6. The van der Waals surface area contributed by atoms with Crippen LogP contribution in [0.4, 0.5) is 0 Å². The molecule has 0 unspecified atom stereocenters. The van der Waals surface area contributed by atoms with E-state index >= 15 is 0 Å². The zero-order valence-corrected chi connectivity index (χ0v) is 73.1. The highest BCUT2D eigenvalue weighted by Crippen LogP contribution is 2.50. The van der Waals surface area contributed by atoms with E-state index in [1.165, 1.54) is 225 Å². The lowest BCUT2D eigenvalue weighted by atomic mass is 9.79. The zero-order chi connectivity index (χ0) is 85.8. The molecule has 0 heteroatoms. The van der Waals surface area contributed by atoms with Gasteiger partial charge in [-0.2, -0.15) is 0 Å². The first-order chi connectivity index (χ1) is 61.4. The summed E-state index contributed by atoms with van der Waals surface area (Å²) in [6.07, 6.45) is 0. The maximum absolute atomic E-state index is 2.44. The molecule has 0 saturated heterocycles. The SMILES string of the molecule is CC(C)(C)c1cc(-c2ccc3cc(-c4c5ccccc5c(-c5ccccc5)c5ccccc45)ccc3c2)cc(C(C)(C)C)c1.CC(C)(C)c1ccc2c(-c3ccccc3)c3ccccc3c(-c3ccc4cc(-c5ccccc5)ccc4c3)c2c1.c1ccc(-c2cccc(-c3ccc4cc(-c5c6ccccc6c(-c6ccccc6)c6ccccc56)ccc4c3)c2)cc1. The van der Waals surface area contributed by atoms with Crippen LogP contribution in [0.1, 0.15) is 79.0 Å². The fourth-order valence-corrected chi connectivity index (χ4v) is 19.1. The Balaban J connectivity index is 0.000000119. The van der Waals surface area contributed by atoms with Crippen LogP contribution >= 0.6 is 0 Å². The highest BCUT2D eigenvalue weighted by atomic mass is 14.3. The van der Waals surface area contributed by atoms with Crippen molar-refractivity contribution >= 4 is 97.0 Å². The lowest BCUT2D eigenvalue weighted by molar-refractivity contribution is 0.569. The molecule has 0 aliphatic heterocycles. The number of rotatable bonds is 10. The molecular formula is C126H100. The predicted molar refractivity (Wildman–Crippen MR) is 547 cm³/mol. The standard InChI is InChI=1S/C44H40.C42H28.C40H32/c1-43(2,3)35-26-34(27-36(28-35)44(4,5)6)32-21-20-31-25-33(23-22-30(31)24-32)42-39-18-12-10-16-37(39)41(29-14-8-7-9-15-29)38-17-11-13-19-40(38)42;1-3-12-29(13-4-1)31-16-11-17-32(26-31)33-22-23-35-28-36(25-24-34(35)27-33)42-39-20-9-7-18-37(39)41(30-14-5-2-6-15-30)38-19-8-10-21-40(38)42;1-40(2,3)33-22-23-36-37(26-33)39(35-17-11-10-16-34(35)38(36)28-14-8-5-9-15-28)32-21-20-30-24-29(18-19-31(30)25-32)27-12-6-4-7-13-27/h7-28H,1-6H3;1-28H;4-26H,1-3H3. The Labute approximate surface area is 741 Å². The van der Waals surface area contributed by atoms with Gasteiger partial charge in [0.2, 0.25) is 0 Å². The largest absolute Gasteiger partial charge is 0.0622 e. The van der Waals surface area contributed by atoms with Gasteiger partial charge in [0.1, 0.15) is 0 Å². The molecule has 126 heavy (non-hydrogen) atoms. The maximum Gasteiger partial charge on any atom is -0.00260 e. The third kappa shape index (κ3) is 15.5. The van der Waals surface area contributed by atoms with Crippen molar-refractivity contribution in [1.82, 2.24) is 0 Å². The van der Waals surface area contributed by atoms with Crippen LogP contribution in [0, 0.1) is 0 Å². The van der Waals surface area contributed by atoms with Gasteiger partial charge in [-0.25, -0.2) is 0 Å². The molecular weight excluding hydrogens is 1510 g/mol. The van der Waals surface area contributed by atoms with Crippen LogP contribution < -0.4 is 0 Å². The van der Waals surface area contributed by atoms with Gasteiger partial charge in [0.25, 0.3) is 0 Å². The Morgan fingerprint density at radius 2 is 0.317 bits per heavy atom. The van der Waals surface area contributed by atoms with E-state index in [1.54, 1.807) is 0 Å². The predicted octanol–water partition coefficient (Wildman–Crippen LogP) is 36.0. The summed E-state index contributed by atoms with van der Waals surface area (Å²) in [5.41, 5.74) is 29.7. The van der Waals surface area contributed by atoms with Crippen molar-refractivity contribution in [3.63, 3.8) is 0 Å². The van der Waals surface area contributed by atoms with Crippen LogP contribution in [-0.2, 0) is 16.2 Å². The monoisotopic (exact) mass is 1610 g/mol. The number of hydrogen-bond acceptors (Lipinski definition) is 0. The molecule has 0 N–H and O–H groups in total. The molecule has 22 aromatic rings. The van der Waals surface area contributed by atoms with E-state index < -0.39 is 0 Å². The molecule has 0 saturated carbocycles. The molecule has 0 aromatic heterocycles. The quantitative estimate of drug-likeness (QED) is 0.120. The van der Waals surface area contributed by atoms with E-state index in [0.717, 1.165) is 0 Å². The zero-order valence-electron chi connectivity index (χ0n) is 73.1. The highest BCUT2D eigenvalue weighted by Gasteiger charge is 2.26. The van der Waals surface area contributed by atoms with Crippen molar-refractivity contribution in [1.29, 1.82) is 0 Å². The van der Waals surface area contributed by atoms with Crippen LogP contribution in [0.5, 0.6) is 0 Å². The first-order valence-electron chi connectivity index (χ1n) is 44.4. The van der Waals surface area contributed by atoms with Crippen LogP contribution in [0.15, 0.2) is 443 Å². The van der Waals surface area contributed by atoms with Crippen LogP contribution in [0.25, 0.3) is 208 Å². The second-order valence-corrected chi connectivity index (χ2v) is 37.0. The number of benzene rings is 22. The Kier molecular flexibility index (Phi) is 20.9. The molecule has 0 bridgehead atoms. The van der Waals surface area contributed by atoms with Crippen LogP contribution in [0.3, 0.4) is 0 Å². The van der Waals surface area contributed by atoms with Crippen molar-refractivity contribution < 1.29 is 0 Å². The highest BCUT2D eigenvalue weighted by molar-refractivity contribution is 6.25. The summed E-state index contributed by atoms with van der Waals surface area (Å²) in [5, 5.41) is 23.0. The summed E-state index contributed by atoms with van der Waals surface area (Å²) >= 11 is 0. The summed E-state index contributed by atoms with van der Waals surface area (Å²) in [5.74, 6) is 0. The van der Waals surface area contributed by atoms with Gasteiger partial charge in [-0.15, -0.1) is 0 Å². The molecule has 22 aromatic carbocycles. The molecule has 0 nitrogen and oxygen atoms in total. The molecule has 0 heterocycles. The normalized spacial score (nSPS) is 11.8. The van der Waals surface area contributed by atoms with E-state index in [4.69, 9.17) is 0 Å². The summed E-state index contributed by atoms with van der Waals surface area (Å²) in [6, 6.07) is 163. The van der Waals surface area contributed by atoms with Gasteiger partial charge in [-0.05, 0) is 290 Å². The van der Waals surface area contributed by atoms with Crippen molar-refractivity contribution in [3.05, 3.63) is 460 Å². The van der Waals surface area contributed by atoms with E-state index in [9.17, 15) is 0 Å². The summed E-state index contributed by atoms with van der Waals surface area (Å²) in [4.78, 5) is 0. The van der Waals surface area contributed by atoms with Gasteiger partial charge in [0.15, 0.2) is 0 Å². The fourth-order valence-electron chi connectivity index (χ4n) is 19.1. The van der Waals surface area contributed by atoms with Crippen LogP contribution in [-0.4, -0.2) is 0 Å². The molecule has 0 aliphatic rings. The Morgan fingerprint density at radius 3 is 0.611 bits per heavy atom. The molecule has 0 fully saturated rings. The van der Waals surface area contributed by atoms with E-state index in [1.807, 2.05) is 0 Å². The topological polar surface area (TPSA) is 0 Å². The molecule has 0 radical (unpaired) electrons. The summed E-state index contributed by atoms with van der Waals surface area (Å²) in [6.45, 7) is 20.7. The third-order valence-electron chi connectivity index (χ3n) is 25.7. The summed E-state index contributed by atoms with van der Waals surface area (Å²) < 4.78 is 0. The first-order valence-corrected chi connectivity index (χ1v) is 44.4. The minimum Gasteiger partial charge on any atom is -0.0622 e. The average Bonchev–Trinajstić information content (AvgIpc) is 0.732. The van der Waals surface area contributed by atoms with E-state index in [-0.39, 0.29) is 16.2 Å². The average molecular weight is 1610 g/mol. The molecule has 0 spiro atoms. The smallest absolute Gasteiger partial charge is 0.00260 e. The van der Waals surface area contributed by atoms with Crippen molar-refractivity contribution in [2.45, 2.75) is 78.6 Å². The minimum absolute atomic E-state index is 0.0568. The van der Waals surface area contributed by atoms with Crippen molar-refractivity contribution in [3.8, 4) is 111 Å². The minimum atomic E-state index is 0.0568. The van der Waals surface area contributed by atoms with Gasteiger partial charge in [-0.1, -0.05) is 457 Å². The lowest BCUT2D eigenvalue weighted by Gasteiger charge is -2.26. The van der Waals surface area contributed by atoms with Gasteiger partial charge in [0.05, 0.1) is 0 Å². The Hall–Kier alpha value is -14.8. The van der Waals surface area contributed by atoms with E-state index in [0.29, 0.717) is 0 Å². The van der Waals surface area contributed by atoms with Crippen molar-refractivity contribution in [2.75, 3.05) is 0 Å². The van der Waals surface area contributed by atoms with Gasteiger partial charge >= 0.3 is 0 Å². The maximum atomic E-state index is 2.44. The van der Waals surface area contributed by atoms with Crippen molar-refractivity contribution in [2.24, 2.45) is 0 Å². The number of hydrogen-bond donors (Lipinski definition) is 0. The van der Waals surface area contributed by atoms with E-state index in [2.05, 4.69) is 505 Å². The molecule has 604 valence electrons. The second kappa shape index (κ2) is 33.1. The second-order valence-electron chi connectivity index (χ2n) is 37.0. The molecule has 0 atom stereocenters. The lowest BCUT2D eigenvalue weighted by Crippen LogP contribution is -2.16. The third-order valence-corrected chi connectivity index (χ3v) is 25.7. The Morgan fingerprint density at radius 1 is 0.111 bits per heavy atom. The summed E-state index contributed by atoms with van der Waals surface area (Å²) in [7, 11) is 0. The van der Waals surface area contributed by atoms with Gasteiger partial charge in [-0.3, -0.25) is 0 Å². The molecule has 0 aliphatic carbocycles. The van der Waals surface area contributed by atoms with Gasteiger partial charge < -0.3 is 0 Å². The molecule has 0 amide bonds. The Bertz CT molecular complexity index is 7740. The van der Waals surface area contributed by atoms with Crippen LogP contribution in [0.2, 0.25) is 0 Å².